The minimum Gasteiger partial charge on any atom is -0.494 e. The summed E-state index contributed by atoms with van der Waals surface area (Å²) in [6, 6.07) is 14.0. The fraction of sp³-hybridized carbons (Fsp3) is 0.432. The van der Waals surface area contributed by atoms with Crippen LogP contribution < -0.4 is 9.47 Å². The van der Waals surface area contributed by atoms with Gasteiger partial charge in [0.2, 0.25) is 0 Å². The second-order valence-electron chi connectivity index (χ2n) is 12.1. The maximum absolute atomic E-state index is 14.7. The average molecular weight is 667 g/mol. The number of ether oxygens (including phenoxy) is 2. The highest BCUT2D eigenvalue weighted by molar-refractivity contribution is 5.96. The van der Waals surface area contributed by atoms with Gasteiger partial charge in [-0.3, -0.25) is 14.4 Å². The Balaban J connectivity index is 1.34. The summed E-state index contributed by atoms with van der Waals surface area (Å²) < 4.78 is 40.3. The number of rotatable bonds is 18. The van der Waals surface area contributed by atoms with Crippen LogP contribution in [0.25, 0.3) is 11.1 Å². The Morgan fingerprint density at radius 2 is 1.50 bits per heavy atom. The molecule has 0 aromatic heterocycles. The molecule has 11 heteroatoms. The fourth-order valence-electron chi connectivity index (χ4n) is 5.74. The van der Waals surface area contributed by atoms with Crippen molar-refractivity contribution in [2.45, 2.75) is 57.8 Å². The average Bonchev–Trinajstić information content (AvgIpc) is 3.05. The summed E-state index contributed by atoms with van der Waals surface area (Å²) in [6.07, 6.45) is 4.79. The van der Waals surface area contributed by atoms with Gasteiger partial charge in [-0.25, -0.2) is 8.78 Å². The van der Waals surface area contributed by atoms with Gasteiger partial charge in [0.25, 0.3) is 5.91 Å². The number of halogens is 2. The summed E-state index contributed by atoms with van der Waals surface area (Å²) >= 11 is 0. The highest BCUT2D eigenvalue weighted by Gasteiger charge is 2.22. The molecule has 258 valence electrons. The lowest BCUT2D eigenvalue weighted by Crippen LogP contribution is -2.47. The third-order valence-electron chi connectivity index (χ3n) is 8.41. The van der Waals surface area contributed by atoms with Crippen molar-refractivity contribution in [3.63, 3.8) is 0 Å². The molecular weight excluding hydrogens is 622 g/mol. The molecule has 0 atom stereocenters. The number of piperazine rings is 1. The zero-order valence-corrected chi connectivity index (χ0v) is 27.4. The number of carbonyl (C=O) groups is 3. The van der Waals surface area contributed by atoms with Crippen LogP contribution in [0.15, 0.2) is 54.6 Å². The molecule has 1 aliphatic rings. The number of hydrogen-bond donors (Lipinski definition) is 2. The maximum atomic E-state index is 14.7. The number of unbranched alkanes of at least 4 members (excludes halogenated alkanes) is 3. The van der Waals surface area contributed by atoms with Crippen LogP contribution in [0.3, 0.4) is 0 Å². The van der Waals surface area contributed by atoms with Gasteiger partial charge >= 0.3 is 11.9 Å². The van der Waals surface area contributed by atoms with Gasteiger partial charge in [0, 0.05) is 56.2 Å². The first-order chi connectivity index (χ1) is 23.1. The van der Waals surface area contributed by atoms with Crippen molar-refractivity contribution < 1.29 is 42.9 Å². The second kappa shape index (κ2) is 18.1. The minimum atomic E-state index is -0.897. The van der Waals surface area contributed by atoms with Crippen molar-refractivity contribution in [1.29, 1.82) is 0 Å². The molecule has 0 saturated carbocycles. The van der Waals surface area contributed by atoms with Gasteiger partial charge in [0.15, 0.2) is 0 Å². The molecule has 1 amide bonds. The normalized spacial score (nSPS) is 13.4. The molecular formula is C37H44F2N2O7. The molecule has 0 aliphatic carbocycles. The van der Waals surface area contributed by atoms with Crippen LogP contribution in [0.5, 0.6) is 11.5 Å². The third-order valence-corrected chi connectivity index (χ3v) is 8.41. The molecule has 1 fully saturated rings. The predicted octanol–water partition coefficient (Wildman–Crippen LogP) is 6.46. The van der Waals surface area contributed by atoms with E-state index in [1.54, 1.807) is 29.2 Å². The summed E-state index contributed by atoms with van der Waals surface area (Å²) in [4.78, 5) is 39.4. The standard InChI is InChI=1S/C37H44F2N2O7/c1-40-16-18-41(19-17-40)37(46)28-22-27(31-13-12-29(38)25-33(31)39)23-30(24-28)47-20-5-3-2-4-8-26-9-6-10-34(32(26)14-15-36(44)45)48-21-7-11-35(42)43/h6,9-10,12-13,22-25H,2-5,7-8,11,14-21H2,1H3,(H,42,43)(H,44,45). The van der Waals surface area contributed by atoms with Crippen LogP contribution in [0.2, 0.25) is 0 Å². The van der Waals surface area contributed by atoms with Gasteiger partial charge in [0.1, 0.15) is 23.1 Å². The Kier molecular flexibility index (Phi) is 13.7. The number of likely N-dealkylation sites (N-methyl/N-ethyl adjacent to an activating group) is 1. The topological polar surface area (TPSA) is 117 Å². The van der Waals surface area contributed by atoms with Crippen molar-refractivity contribution >= 4 is 17.8 Å². The van der Waals surface area contributed by atoms with Gasteiger partial charge < -0.3 is 29.5 Å². The van der Waals surface area contributed by atoms with E-state index >= 15 is 0 Å². The van der Waals surface area contributed by atoms with Crippen molar-refractivity contribution in [2.75, 3.05) is 46.4 Å². The quantitative estimate of drug-likeness (QED) is 0.149. The summed E-state index contributed by atoms with van der Waals surface area (Å²) in [7, 11) is 2.01. The molecule has 1 saturated heterocycles. The van der Waals surface area contributed by atoms with Gasteiger partial charge in [-0.1, -0.05) is 25.0 Å². The SMILES string of the molecule is CN1CCN(C(=O)c2cc(OCCCCCCc3cccc(OCCCC(=O)O)c3CCC(=O)O)cc(-c3ccc(F)cc3F)c2)CC1. The molecule has 0 spiro atoms. The lowest BCUT2D eigenvalue weighted by Gasteiger charge is -2.32. The summed E-state index contributed by atoms with van der Waals surface area (Å²) in [5.74, 6) is -2.30. The molecule has 2 N–H and O–H groups in total. The minimum absolute atomic E-state index is 0.00198. The van der Waals surface area contributed by atoms with Gasteiger partial charge in [-0.2, -0.15) is 0 Å². The molecule has 0 unspecified atom stereocenters. The number of amides is 1. The Bertz CT molecular complexity index is 1560. The van der Waals surface area contributed by atoms with Gasteiger partial charge in [0.05, 0.1) is 13.2 Å². The molecule has 0 bridgehead atoms. The number of carbonyl (C=O) groups excluding carboxylic acids is 1. The zero-order chi connectivity index (χ0) is 34.5. The van der Waals surface area contributed by atoms with Crippen molar-refractivity contribution in [1.82, 2.24) is 9.80 Å². The van der Waals surface area contributed by atoms with Crippen LogP contribution in [0.4, 0.5) is 8.78 Å². The Morgan fingerprint density at radius 1 is 0.771 bits per heavy atom. The fourth-order valence-corrected chi connectivity index (χ4v) is 5.74. The second-order valence-corrected chi connectivity index (χ2v) is 12.1. The van der Waals surface area contributed by atoms with Gasteiger partial charge in [-0.15, -0.1) is 0 Å². The highest BCUT2D eigenvalue weighted by Crippen LogP contribution is 2.30. The van der Waals surface area contributed by atoms with E-state index in [1.165, 1.54) is 12.1 Å². The molecule has 4 rings (SSSR count). The summed E-state index contributed by atoms with van der Waals surface area (Å²) in [5.41, 5.74) is 2.88. The number of aliphatic carboxylic acids is 2. The Hall–Kier alpha value is -4.51. The van der Waals surface area contributed by atoms with E-state index < -0.39 is 23.6 Å². The lowest BCUT2D eigenvalue weighted by atomic mass is 9.97. The number of carboxylic acids is 2. The van der Waals surface area contributed by atoms with Crippen LogP contribution in [0.1, 0.15) is 66.4 Å². The number of nitrogens with zero attached hydrogens (tertiary/aromatic N) is 2. The molecule has 9 nitrogen and oxygen atoms in total. The van der Waals surface area contributed by atoms with Crippen LogP contribution in [0, 0.1) is 11.6 Å². The third kappa shape index (κ3) is 11.0. The van der Waals surface area contributed by atoms with Crippen molar-refractivity contribution in [3.05, 3.63) is 82.9 Å². The first kappa shape index (κ1) is 36.3. The van der Waals surface area contributed by atoms with Crippen molar-refractivity contribution in [2.24, 2.45) is 0 Å². The maximum Gasteiger partial charge on any atom is 0.303 e. The van der Waals surface area contributed by atoms with Crippen molar-refractivity contribution in [3.8, 4) is 22.6 Å². The molecule has 48 heavy (non-hydrogen) atoms. The first-order valence-corrected chi connectivity index (χ1v) is 16.5. The highest BCUT2D eigenvalue weighted by atomic mass is 19.1. The smallest absolute Gasteiger partial charge is 0.303 e. The van der Waals surface area contributed by atoms with Crippen LogP contribution >= 0.6 is 0 Å². The number of hydrogen-bond acceptors (Lipinski definition) is 6. The lowest BCUT2D eigenvalue weighted by molar-refractivity contribution is -0.138. The van der Waals surface area contributed by atoms with E-state index in [1.807, 2.05) is 19.2 Å². The molecule has 1 aliphatic heterocycles. The summed E-state index contributed by atoms with van der Waals surface area (Å²) in [5, 5.41) is 18.1. The summed E-state index contributed by atoms with van der Waals surface area (Å²) in [6.45, 7) is 3.33. The zero-order valence-electron chi connectivity index (χ0n) is 27.4. The molecule has 3 aromatic rings. The Labute approximate surface area is 280 Å². The van der Waals surface area contributed by atoms with E-state index in [2.05, 4.69) is 4.90 Å². The molecule has 1 heterocycles. The Morgan fingerprint density at radius 3 is 2.23 bits per heavy atom. The number of aryl methyl sites for hydroxylation is 1. The van der Waals surface area contributed by atoms with E-state index in [0.717, 1.165) is 62.4 Å². The van der Waals surface area contributed by atoms with Gasteiger partial charge in [-0.05, 0) is 92.2 Å². The first-order valence-electron chi connectivity index (χ1n) is 16.5. The van der Waals surface area contributed by atoms with Crippen LogP contribution in [-0.2, 0) is 22.4 Å². The van der Waals surface area contributed by atoms with E-state index in [4.69, 9.17) is 14.6 Å². The number of carboxylic acid groups (broad SMARTS) is 2. The predicted molar refractivity (Wildman–Crippen MR) is 178 cm³/mol. The largest absolute Gasteiger partial charge is 0.494 e. The number of benzene rings is 3. The molecule has 0 radical (unpaired) electrons. The monoisotopic (exact) mass is 666 g/mol. The van der Waals surface area contributed by atoms with E-state index in [-0.39, 0.29) is 30.9 Å². The van der Waals surface area contributed by atoms with E-state index in [9.17, 15) is 28.3 Å². The van der Waals surface area contributed by atoms with Crippen LogP contribution in [-0.4, -0.2) is 84.3 Å². The van der Waals surface area contributed by atoms with E-state index in [0.29, 0.717) is 55.2 Å². The molecule has 3 aromatic carbocycles.